The predicted molar refractivity (Wildman–Crippen MR) is 129 cm³/mol. The van der Waals surface area contributed by atoms with Crippen molar-refractivity contribution in [2.75, 3.05) is 0 Å². The summed E-state index contributed by atoms with van der Waals surface area (Å²) in [4.78, 5) is 13.7. The summed E-state index contributed by atoms with van der Waals surface area (Å²) in [6.45, 7) is 5.20. The van der Waals surface area contributed by atoms with Crippen LogP contribution >= 0.6 is 0 Å². The predicted octanol–water partition coefficient (Wildman–Crippen LogP) is 2.29. The molecule has 10 nitrogen and oxygen atoms in total. The minimum Gasteiger partial charge on any atom is -0.508 e. The number of hydrogen-bond acceptors (Lipinski definition) is 10. The summed E-state index contributed by atoms with van der Waals surface area (Å²) < 4.78 is 17.3. The summed E-state index contributed by atoms with van der Waals surface area (Å²) in [5.74, 6) is -1.43. The van der Waals surface area contributed by atoms with Crippen molar-refractivity contribution in [2.24, 2.45) is 0 Å². The van der Waals surface area contributed by atoms with E-state index < -0.39 is 47.6 Å². The SMILES string of the molecule is CC(C)=CCc1c(O)cc(O)c2c(=O)c(OC3OC(C)C(O)C(O)C3O)c(-c3ccc(O)cc3)oc12. The molecule has 0 saturated carbocycles. The van der Waals surface area contributed by atoms with Crippen molar-refractivity contribution in [1.82, 2.24) is 0 Å². The summed E-state index contributed by atoms with van der Waals surface area (Å²) >= 11 is 0. The van der Waals surface area contributed by atoms with E-state index in [0.717, 1.165) is 11.6 Å². The van der Waals surface area contributed by atoms with Crippen LogP contribution in [-0.4, -0.2) is 61.3 Å². The van der Waals surface area contributed by atoms with E-state index in [9.17, 15) is 35.4 Å². The molecule has 1 aromatic heterocycles. The average Bonchev–Trinajstić information content (AvgIpc) is 2.82. The summed E-state index contributed by atoms with van der Waals surface area (Å²) in [7, 11) is 0. The van der Waals surface area contributed by atoms with Gasteiger partial charge in [-0.2, -0.15) is 0 Å². The molecule has 192 valence electrons. The maximum absolute atomic E-state index is 13.7. The molecule has 10 heteroatoms. The molecule has 4 rings (SSSR count). The summed E-state index contributed by atoms with van der Waals surface area (Å²) in [6, 6.07) is 6.68. The number of aliphatic hydroxyl groups excluding tert-OH is 3. The number of phenols is 3. The van der Waals surface area contributed by atoms with E-state index in [1.54, 1.807) is 0 Å². The molecule has 1 fully saturated rings. The van der Waals surface area contributed by atoms with Gasteiger partial charge in [0, 0.05) is 17.2 Å². The van der Waals surface area contributed by atoms with Gasteiger partial charge in [-0.15, -0.1) is 0 Å². The second-order valence-corrected chi connectivity index (χ2v) is 9.02. The minimum atomic E-state index is -1.71. The van der Waals surface area contributed by atoms with Crippen LogP contribution in [0, 0.1) is 0 Å². The van der Waals surface area contributed by atoms with Crippen molar-refractivity contribution in [2.45, 2.75) is 57.9 Å². The normalized spacial score (nSPS) is 24.0. The monoisotopic (exact) mass is 500 g/mol. The fourth-order valence-corrected chi connectivity index (χ4v) is 4.01. The van der Waals surface area contributed by atoms with Crippen LogP contribution in [0.5, 0.6) is 23.0 Å². The lowest BCUT2D eigenvalue weighted by molar-refractivity contribution is -0.268. The van der Waals surface area contributed by atoms with Crippen molar-refractivity contribution in [3.05, 3.63) is 57.8 Å². The third-order valence-corrected chi connectivity index (χ3v) is 6.07. The average molecular weight is 501 g/mol. The van der Waals surface area contributed by atoms with E-state index in [1.165, 1.54) is 31.2 Å². The molecule has 5 atom stereocenters. The van der Waals surface area contributed by atoms with Gasteiger partial charge in [-0.1, -0.05) is 11.6 Å². The van der Waals surface area contributed by atoms with E-state index in [2.05, 4.69) is 0 Å². The van der Waals surface area contributed by atoms with Crippen LogP contribution in [0.3, 0.4) is 0 Å². The molecule has 0 radical (unpaired) electrons. The lowest BCUT2D eigenvalue weighted by Gasteiger charge is -2.38. The van der Waals surface area contributed by atoms with Crippen LogP contribution in [0.1, 0.15) is 26.3 Å². The van der Waals surface area contributed by atoms with Crippen molar-refractivity contribution >= 4 is 11.0 Å². The smallest absolute Gasteiger partial charge is 0.239 e. The largest absolute Gasteiger partial charge is 0.508 e. The second-order valence-electron chi connectivity index (χ2n) is 9.02. The Hall–Kier alpha value is -3.57. The number of fused-ring (bicyclic) bond motifs is 1. The van der Waals surface area contributed by atoms with Crippen molar-refractivity contribution in [1.29, 1.82) is 0 Å². The molecule has 3 aromatic rings. The highest BCUT2D eigenvalue weighted by atomic mass is 16.7. The molecular weight excluding hydrogens is 472 g/mol. The van der Waals surface area contributed by atoms with Crippen LogP contribution in [0.4, 0.5) is 0 Å². The van der Waals surface area contributed by atoms with Gasteiger partial charge in [0.15, 0.2) is 5.76 Å². The van der Waals surface area contributed by atoms with Crippen LogP contribution in [0.25, 0.3) is 22.3 Å². The molecule has 6 N–H and O–H groups in total. The van der Waals surface area contributed by atoms with Gasteiger partial charge in [-0.05, 0) is 51.5 Å². The van der Waals surface area contributed by atoms with Crippen LogP contribution in [-0.2, 0) is 11.2 Å². The molecule has 0 amide bonds. The van der Waals surface area contributed by atoms with Gasteiger partial charge < -0.3 is 44.5 Å². The first-order valence-corrected chi connectivity index (χ1v) is 11.3. The van der Waals surface area contributed by atoms with E-state index in [-0.39, 0.29) is 40.2 Å². The number of allylic oxidation sites excluding steroid dienone is 2. The molecule has 0 spiro atoms. The van der Waals surface area contributed by atoms with Gasteiger partial charge in [0.2, 0.25) is 17.5 Å². The van der Waals surface area contributed by atoms with Gasteiger partial charge in [0.1, 0.15) is 46.5 Å². The maximum Gasteiger partial charge on any atom is 0.239 e. The first kappa shape index (κ1) is 25.5. The molecule has 5 unspecified atom stereocenters. The third kappa shape index (κ3) is 4.63. The van der Waals surface area contributed by atoms with Crippen molar-refractivity contribution < 1.29 is 44.5 Å². The van der Waals surface area contributed by atoms with Crippen molar-refractivity contribution in [3.63, 3.8) is 0 Å². The third-order valence-electron chi connectivity index (χ3n) is 6.07. The summed E-state index contributed by atoms with van der Waals surface area (Å²) in [6.07, 6.45) is -5.16. The van der Waals surface area contributed by atoms with E-state index >= 15 is 0 Å². The quantitative estimate of drug-likeness (QED) is 0.286. The number of phenolic OH excluding ortho intramolecular Hbond substituents is 3. The highest BCUT2D eigenvalue weighted by molar-refractivity contribution is 5.91. The molecular formula is C26H28O10. The molecule has 1 aliphatic rings. The Morgan fingerprint density at radius 3 is 2.31 bits per heavy atom. The zero-order chi connectivity index (χ0) is 26.3. The first-order chi connectivity index (χ1) is 17.0. The van der Waals surface area contributed by atoms with Gasteiger partial charge in [-0.25, -0.2) is 0 Å². The van der Waals surface area contributed by atoms with Crippen LogP contribution in [0.2, 0.25) is 0 Å². The van der Waals surface area contributed by atoms with Gasteiger partial charge in [0.05, 0.1) is 6.10 Å². The fraction of sp³-hybridized carbons (Fsp3) is 0.346. The minimum absolute atomic E-state index is 0.0409. The van der Waals surface area contributed by atoms with Crippen LogP contribution in [0.15, 0.2) is 51.2 Å². The molecule has 36 heavy (non-hydrogen) atoms. The summed E-state index contributed by atoms with van der Waals surface area (Å²) in [5, 5.41) is 61.1. The fourth-order valence-electron chi connectivity index (χ4n) is 4.01. The number of hydrogen-bond donors (Lipinski definition) is 6. The van der Waals surface area contributed by atoms with E-state index in [0.29, 0.717) is 5.56 Å². The van der Waals surface area contributed by atoms with Gasteiger partial charge >= 0.3 is 0 Å². The lowest BCUT2D eigenvalue weighted by atomic mass is 10.00. The molecule has 1 aliphatic heterocycles. The van der Waals surface area contributed by atoms with E-state index in [4.69, 9.17) is 13.9 Å². The number of aromatic hydroxyl groups is 3. The van der Waals surface area contributed by atoms with E-state index in [1.807, 2.05) is 19.9 Å². The number of benzene rings is 2. The molecule has 1 saturated heterocycles. The van der Waals surface area contributed by atoms with Gasteiger partial charge in [-0.3, -0.25) is 4.79 Å². The Morgan fingerprint density at radius 2 is 1.67 bits per heavy atom. The highest BCUT2D eigenvalue weighted by Gasteiger charge is 2.44. The Morgan fingerprint density at radius 1 is 1.00 bits per heavy atom. The standard InChI is InChI=1S/C26H28O10/c1-11(2)4-9-15-16(28)10-17(29)18-20(31)25(36-26-22(33)21(32)19(30)12(3)34-26)23(35-24(15)18)13-5-7-14(27)8-6-13/h4-8,10,12,19,21-22,26-30,32-33H,9H2,1-3H3. The van der Waals surface area contributed by atoms with Gasteiger partial charge in [0.25, 0.3) is 0 Å². The number of rotatable bonds is 5. The van der Waals surface area contributed by atoms with Crippen molar-refractivity contribution in [3.8, 4) is 34.3 Å². The second kappa shape index (κ2) is 9.82. The molecule has 2 heterocycles. The molecule has 0 bridgehead atoms. The Balaban J connectivity index is 1.97. The number of aliphatic hydroxyl groups is 3. The topological polar surface area (TPSA) is 170 Å². The first-order valence-electron chi connectivity index (χ1n) is 11.3. The van der Waals surface area contributed by atoms with Crippen LogP contribution < -0.4 is 10.2 Å². The maximum atomic E-state index is 13.7. The Labute approximate surface area is 205 Å². The lowest BCUT2D eigenvalue weighted by Crippen LogP contribution is -2.58. The summed E-state index contributed by atoms with van der Waals surface area (Å²) in [5.41, 5.74) is 0.624. The Kier molecular flexibility index (Phi) is 6.96. The Bertz CT molecular complexity index is 1350. The zero-order valence-electron chi connectivity index (χ0n) is 19.9. The molecule has 2 aromatic carbocycles. The number of ether oxygens (including phenoxy) is 2. The highest BCUT2D eigenvalue weighted by Crippen LogP contribution is 2.40. The zero-order valence-corrected chi connectivity index (χ0v) is 19.9. The molecule has 0 aliphatic carbocycles.